The molecule has 1 aliphatic rings. The van der Waals surface area contributed by atoms with Gasteiger partial charge in [0.1, 0.15) is 0 Å². The molecule has 2 amide bonds. The first-order valence-corrected chi connectivity index (χ1v) is 9.94. The van der Waals surface area contributed by atoms with Crippen molar-refractivity contribution in [3.05, 3.63) is 77.1 Å². The number of nitrogens with one attached hydrogen (secondary N) is 1. The van der Waals surface area contributed by atoms with Crippen molar-refractivity contribution in [2.24, 2.45) is 0 Å². The number of para-hydroxylation sites is 1. The summed E-state index contributed by atoms with van der Waals surface area (Å²) in [5.41, 5.74) is 4.00. The van der Waals surface area contributed by atoms with E-state index in [-0.39, 0.29) is 11.8 Å². The third kappa shape index (κ3) is 3.97. The third-order valence-electron chi connectivity index (χ3n) is 5.23. The Morgan fingerprint density at radius 3 is 2.47 bits per heavy atom. The molecule has 2 aromatic carbocycles. The smallest absolute Gasteiger partial charge is 0.276 e. The molecule has 1 N–H and O–H groups in total. The average molecular weight is 404 g/mol. The summed E-state index contributed by atoms with van der Waals surface area (Å²) in [6.45, 7) is 5.99. The number of carbonyl (C=O) groups is 2. The number of nitrogens with zero attached hydrogens (tertiary/aromatic N) is 3. The van der Waals surface area contributed by atoms with Crippen molar-refractivity contribution in [1.29, 1.82) is 0 Å². The Kier molecular flexibility index (Phi) is 5.63. The maximum Gasteiger partial charge on any atom is 0.276 e. The summed E-state index contributed by atoms with van der Waals surface area (Å²) in [4.78, 5) is 27.5. The van der Waals surface area contributed by atoms with Crippen LogP contribution in [0.2, 0.25) is 0 Å². The second-order valence-electron chi connectivity index (χ2n) is 7.26. The van der Waals surface area contributed by atoms with Gasteiger partial charge in [-0.3, -0.25) is 9.59 Å². The van der Waals surface area contributed by atoms with Gasteiger partial charge in [0.25, 0.3) is 11.8 Å². The van der Waals surface area contributed by atoms with Crippen LogP contribution in [0.1, 0.15) is 32.1 Å². The summed E-state index contributed by atoms with van der Waals surface area (Å²) in [5.74, 6) is -0.358. The van der Waals surface area contributed by atoms with E-state index in [1.54, 1.807) is 33.8 Å². The molecule has 1 fully saturated rings. The SMILES string of the molecule is Cc1c(NC(=O)c2cc(C)n(-c3ccccc3)n2)cccc1C(=O)N1CCOCC1. The number of carbonyl (C=O) groups excluding carboxylic acids is 2. The van der Waals surface area contributed by atoms with E-state index in [0.717, 1.165) is 16.9 Å². The Hall–Kier alpha value is -3.45. The molecule has 0 spiro atoms. The second-order valence-corrected chi connectivity index (χ2v) is 7.26. The largest absolute Gasteiger partial charge is 0.378 e. The lowest BCUT2D eigenvalue weighted by atomic mass is 10.0. The van der Waals surface area contributed by atoms with Crippen molar-refractivity contribution in [2.45, 2.75) is 13.8 Å². The standard InChI is InChI=1S/C23H24N4O3/c1-16-15-21(25-27(16)18-7-4-3-5-8-18)22(28)24-20-10-6-9-19(17(20)2)23(29)26-11-13-30-14-12-26/h3-10,15H,11-14H2,1-2H3,(H,24,28). The molecular weight excluding hydrogens is 380 g/mol. The van der Waals surface area contributed by atoms with Crippen LogP contribution in [0.15, 0.2) is 54.6 Å². The van der Waals surface area contributed by atoms with Crippen molar-refractivity contribution < 1.29 is 14.3 Å². The third-order valence-corrected chi connectivity index (χ3v) is 5.23. The number of morpholine rings is 1. The van der Waals surface area contributed by atoms with Gasteiger partial charge in [0.15, 0.2) is 5.69 Å². The topological polar surface area (TPSA) is 76.5 Å². The lowest BCUT2D eigenvalue weighted by Crippen LogP contribution is -2.41. The summed E-state index contributed by atoms with van der Waals surface area (Å²) in [6.07, 6.45) is 0. The van der Waals surface area contributed by atoms with Crippen LogP contribution in [0.3, 0.4) is 0 Å². The van der Waals surface area contributed by atoms with Crippen LogP contribution in [0.5, 0.6) is 0 Å². The number of benzene rings is 2. The van der Waals surface area contributed by atoms with Crippen molar-refractivity contribution in [3.63, 3.8) is 0 Å². The van der Waals surface area contributed by atoms with Crippen LogP contribution in [0.25, 0.3) is 5.69 Å². The van der Waals surface area contributed by atoms with Gasteiger partial charge >= 0.3 is 0 Å². The highest BCUT2D eigenvalue weighted by Gasteiger charge is 2.22. The predicted molar refractivity (Wildman–Crippen MR) is 114 cm³/mol. The van der Waals surface area contributed by atoms with Crippen molar-refractivity contribution >= 4 is 17.5 Å². The van der Waals surface area contributed by atoms with E-state index in [2.05, 4.69) is 10.4 Å². The Balaban J connectivity index is 1.55. The Bertz CT molecular complexity index is 1070. The molecule has 0 unspecified atom stereocenters. The van der Waals surface area contributed by atoms with E-state index in [4.69, 9.17) is 4.74 Å². The van der Waals surface area contributed by atoms with Crippen molar-refractivity contribution in [1.82, 2.24) is 14.7 Å². The number of aryl methyl sites for hydroxylation is 1. The summed E-state index contributed by atoms with van der Waals surface area (Å²) >= 11 is 0. The molecule has 30 heavy (non-hydrogen) atoms. The predicted octanol–water partition coefficient (Wildman–Crippen LogP) is 3.21. The highest BCUT2D eigenvalue weighted by Crippen LogP contribution is 2.22. The van der Waals surface area contributed by atoms with Crippen LogP contribution in [-0.4, -0.2) is 52.8 Å². The number of aromatic nitrogens is 2. The maximum atomic E-state index is 12.9. The maximum absolute atomic E-state index is 12.9. The quantitative estimate of drug-likeness (QED) is 0.724. The average Bonchev–Trinajstić information content (AvgIpc) is 3.18. The molecule has 2 heterocycles. The van der Waals surface area contributed by atoms with Crippen LogP contribution >= 0.6 is 0 Å². The van der Waals surface area contributed by atoms with Gasteiger partial charge in [-0.15, -0.1) is 0 Å². The number of hydrogen-bond donors (Lipinski definition) is 1. The molecule has 154 valence electrons. The summed E-state index contributed by atoms with van der Waals surface area (Å²) in [5, 5.41) is 7.36. The molecule has 0 atom stereocenters. The molecule has 1 aromatic heterocycles. The molecule has 0 bridgehead atoms. The van der Waals surface area contributed by atoms with Crippen molar-refractivity contribution in [3.8, 4) is 5.69 Å². The first kappa shape index (κ1) is 19.8. The van der Waals surface area contributed by atoms with E-state index >= 15 is 0 Å². The zero-order chi connectivity index (χ0) is 21.1. The number of rotatable bonds is 4. The zero-order valence-electron chi connectivity index (χ0n) is 17.1. The molecule has 4 rings (SSSR count). The van der Waals surface area contributed by atoms with Gasteiger partial charge in [-0.2, -0.15) is 5.10 Å². The van der Waals surface area contributed by atoms with Crippen molar-refractivity contribution in [2.75, 3.05) is 31.6 Å². The number of anilines is 1. The van der Waals surface area contributed by atoms with E-state index < -0.39 is 0 Å². The minimum Gasteiger partial charge on any atom is -0.378 e. The fourth-order valence-corrected chi connectivity index (χ4v) is 3.54. The van der Waals surface area contributed by atoms with Gasteiger partial charge in [0.05, 0.1) is 18.9 Å². The van der Waals surface area contributed by atoms with Gasteiger partial charge in [-0.05, 0) is 49.7 Å². The van der Waals surface area contributed by atoms with E-state index in [9.17, 15) is 9.59 Å². The highest BCUT2D eigenvalue weighted by molar-refractivity contribution is 6.05. The van der Waals surface area contributed by atoms with E-state index in [0.29, 0.717) is 43.2 Å². The molecule has 7 nitrogen and oxygen atoms in total. The molecule has 0 aliphatic carbocycles. The fourth-order valence-electron chi connectivity index (χ4n) is 3.54. The minimum absolute atomic E-state index is 0.0453. The van der Waals surface area contributed by atoms with Gasteiger partial charge in [0, 0.05) is 30.0 Å². The molecule has 0 radical (unpaired) electrons. The molecule has 1 saturated heterocycles. The first-order chi connectivity index (χ1) is 14.5. The van der Waals surface area contributed by atoms with Gasteiger partial charge < -0.3 is 15.0 Å². The van der Waals surface area contributed by atoms with Crippen LogP contribution < -0.4 is 5.32 Å². The lowest BCUT2D eigenvalue weighted by molar-refractivity contribution is 0.0302. The van der Waals surface area contributed by atoms with Crippen LogP contribution in [0.4, 0.5) is 5.69 Å². The number of ether oxygens (including phenoxy) is 1. The minimum atomic E-state index is -0.313. The number of amides is 2. The monoisotopic (exact) mass is 404 g/mol. The zero-order valence-corrected chi connectivity index (χ0v) is 17.1. The number of hydrogen-bond acceptors (Lipinski definition) is 4. The molecule has 0 saturated carbocycles. The highest BCUT2D eigenvalue weighted by atomic mass is 16.5. The Labute approximate surface area is 175 Å². The molecule has 7 heteroatoms. The summed E-state index contributed by atoms with van der Waals surface area (Å²) < 4.78 is 7.06. The molecule has 3 aromatic rings. The van der Waals surface area contributed by atoms with Crippen LogP contribution in [0, 0.1) is 13.8 Å². The Morgan fingerprint density at radius 2 is 1.73 bits per heavy atom. The van der Waals surface area contributed by atoms with Crippen LogP contribution in [-0.2, 0) is 4.74 Å². The Morgan fingerprint density at radius 1 is 1.00 bits per heavy atom. The fraction of sp³-hybridized carbons (Fsp3) is 0.261. The lowest BCUT2D eigenvalue weighted by Gasteiger charge is -2.27. The first-order valence-electron chi connectivity index (χ1n) is 9.94. The van der Waals surface area contributed by atoms with Gasteiger partial charge in [0.2, 0.25) is 0 Å². The van der Waals surface area contributed by atoms with Gasteiger partial charge in [-0.25, -0.2) is 4.68 Å². The molecular formula is C23H24N4O3. The normalized spacial score (nSPS) is 13.9. The summed E-state index contributed by atoms with van der Waals surface area (Å²) in [6, 6.07) is 16.8. The second kappa shape index (κ2) is 8.51. The van der Waals surface area contributed by atoms with E-state index in [1.165, 1.54) is 0 Å². The summed E-state index contributed by atoms with van der Waals surface area (Å²) in [7, 11) is 0. The van der Waals surface area contributed by atoms with Gasteiger partial charge in [-0.1, -0.05) is 24.3 Å². The molecule has 1 aliphatic heterocycles. The van der Waals surface area contributed by atoms with E-state index in [1.807, 2.05) is 44.2 Å².